The molecule has 0 spiro atoms. The molecule has 2 nitrogen and oxygen atoms in total. The molecule has 0 fully saturated rings. The maximum absolute atomic E-state index is 6.14. The summed E-state index contributed by atoms with van der Waals surface area (Å²) in [6.45, 7) is 14.0. The Balaban J connectivity index is 1.57. The number of benzene rings is 2. The average Bonchev–Trinajstić information content (AvgIpc) is 3.23. The largest absolute Gasteiger partial charge is 0.489 e. The van der Waals surface area contributed by atoms with Gasteiger partial charge in [0.1, 0.15) is 12.4 Å². The van der Waals surface area contributed by atoms with Gasteiger partial charge in [-0.2, -0.15) is 0 Å². The lowest BCUT2D eigenvalue weighted by atomic mass is 9.98. The molecule has 0 radical (unpaired) electrons. The molecule has 0 aliphatic heterocycles. The lowest BCUT2D eigenvalue weighted by Crippen LogP contribution is -2.22. The Morgan fingerprint density at radius 3 is 2.52 bits per heavy atom. The van der Waals surface area contributed by atoms with Crippen LogP contribution in [0.15, 0.2) is 72.1 Å². The molecule has 3 heteroatoms. The highest BCUT2D eigenvalue weighted by atomic mass is 32.1. The molecule has 1 heterocycles. The van der Waals surface area contributed by atoms with Crippen molar-refractivity contribution < 1.29 is 4.74 Å². The second kappa shape index (κ2) is 11.9. The van der Waals surface area contributed by atoms with Gasteiger partial charge in [-0.25, -0.2) is 0 Å². The van der Waals surface area contributed by atoms with Crippen LogP contribution in [0.4, 0.5) is 0 Å². The molecule has 0 saturated heterocycles. The third-order valence-corrected chi connectivity index (χ3v) is 6.02. The zero-order chi connectivity index (χ0) is 23.7. The van der Waals surface area contributed by atoms with Crippen molar-refractivity contribution in [2.75, 3.05) is 13.1 Å². The van der Waals surface area contributed by atoms with E-state index in [-0.39, 0.29) is 5.41 Å². The summed E-state index contributed by atoms with van der Waals surface area (Å²) >= 11 is 1.79. The van der Waals surface area contributed by atoms with Crippen LogP contribution >= 0.6 is 11.3 Å². The van der Waals surface area contributed by atoms with E-state index in [4.69, 9.17) is 4.74 Å². The predicted molar refractivity (Wildman–Crippen MR) is 143 cm³/mol. The quantitative estimate of drug-likeness (QED) is 0.305. The van der Waals surface area contributed by atoms with Gasteiger partial charge in [0, 0.05) is 23.4 Å². The fourth-order valence-corrected chi connectivity index (χ4v) is 4.13. The van der Waals surface area contributed by atoms with Gasteiger partial charge in [-0.05, 0) is 92.2 Å². The highest BCUT2D eigenvalue weighted by molar-refractivity contribution is 7.10. The third kappa shape index (κ3) is 8.57. The average molecular weight is 458 g/mol. The maximum atomic E-state index is 6.14. The highest BCUT2D eigenvalue weighted by Gasteiger charge is 2.06. The van der Waals surface area contributed by atoms with Crippen LogP contribution in [0.25, 0.3) is 11.1 Å². The van der Waals surface area contributed by atoms with Gasteiger partial charge in [0.2, 0.25) is 0 Å². The van der Waals surface area contributed by atoms with Crippen molar-refractivity contribution in [2.45, 2.75) is 47.8 Å². The molecular weight excluding hydrogens is 422 g/mol. The first kappa shape index (κ1) is 24.8. The maximum Gasteiger partial charge on any atom is 0.120 e. The van der Waals surface area contributed by atoms with Gasteiger partial charge in [-0.1, -0.05) is 55.2 Å². The minimum Gasteiger partial charge on any atom is -0.489 e. The molecule has 33 heavy (non-hydrogen) atoms. The van der Waals surface area contributed by atoms with E-state index in [1.807, 2.05) is 12.1 Å². The van der Waals surface area contributed by atoms with Crippen LogP contribution in [-0.2, 0) is 13.2 Å². The van der Waals surface area contributed by atoms with Crippen LogP contribution in [0, 0.1) is 24.2 Å². The SMILES string of the molecule is CCN(C/C=C/C#CC(C)(C)C)Cc1cccc(OCc2cccc(-c3csc(C)c3)c2)c1. The third-order valence-electron chi connectivity index (χ3n) is 5.16. The normalized spacial score (nSPS) is 11.6. The molecule has 172 valence electrons. The van der Waals surface area contributed by atoms with Crippen molar-refractivity contribution >= 4 is 11.3 Å². The van der Waals surface area contributed by atoms with Crippen LogP contribution in [-0.4, -0.2) is 18.0 Å². The number of rotatable bonds is 9. The van der Waals surface area contributed by atoms with Gasteiger partial charge in [0.05, 0.1) is 0 Å². The van der Waals surface area contributed by atoms with Crippen molar-refractivity contribution in [3.63, 3.8) is 0 Å². The van der Waals surface area contributed by atoms with E-state index in [0.717, 1.165) is 25.4 Å². The topological polar surface area (TPSA) is 12.5 Å². The minimum atomic E-state index is 0.0412. The van der Waals surface area contributed by atoms with E-state index >= 15 is 0 Å². The molecule has 0 aliphatic rings. The Labute approximate surface area is 203 Å². The van der Waals surface area contributed by atoms with Crippen LogP contribution in [0.2, 0.25) is 0 Å². The van der Waals surface area contributed by atoms with Crippen molar-refractivity contribution in [3.05, 3.63) is 88.1 Å². The Morgan fingerprint density at radius 2 is 1.79 bits per heavy atom. The van der Waals surface area contributed by atoms with Crippen molar-refractivity contribution in [1.29, 1.82) is 0 Å². The van der Waals surface area contributed by atoms with Crippen molar-refractivity contribution in [3.8, 4) is 28.7 Å². The molecule has 2 aromatic carbocycles. The second-order valence-electron chi connectivity index (χ2n) is 9.33. The van der Waals surface area contributed by atoms with E-state index in [1.54, 1.807) is 11.3 Å². The predicted octanol–water partition coefficient (Wildman–Crippen LogP) is 7.73. The van der Waals surface area contributed by atoms with Gasteiger partial charge in [0.15, 0.2) is 0 Å². The first-order valence-corrected chi connectivity index (χ1v) is 12.5. The van der Waals surface area contributed by atoms with Crippen LogP contribution in [0.1, 0.15) is 43.7 Å². The van der Waals surface area contributed by atoms with Gasteiger partial charge >= 0.3 is 0 Å². The fraction of sp³-hybridized carbons (Fsp3) is 0.333. The Morgan fingerprint density at radius 1 is 1.00 bits per heavy atom. The molecule has 0 unspecified atom stereocenters. The summed E-state index contributed by atoms with van der Waals surface area (Å²) in [6.07, 6.45) is 4.11. The summed E-state index contributed by atoms with van der Waals surface area (Å²) in [4.78, 5) is 3.72. The number of likely N-dealkylation sites (N-methyl/N-ethyl adjacent to an activating group) is 1. The summed E-state index contributed by atoms with van der Waals surface area (Å²) in [7, 11) is 0. The molecule has 0 aliphatic carbocycles. The van der Waals surface area contributed by atoms with Gasteiger partial charge in [-0.15, -0.1) is 11.3 Å². The number of hydrogen-bond acceptors (Lipinski definition) is 3. The zero-order valence-electron chi connectivity index (χ0n) is 20.5. The molecule has 3 rings (SSSR count). The van der Waals surface area contributed by atoms with E-state index in [9.17, 15) is 0 Å². The standard InChI is InChI=1S/C30H35NOS/c1-6-31(17-9-7-8-16-30(3,4)5)21-25-12-11-15-29(20-25)32-22-26-13-10-14-27(19-26)28-18-24(2)33-23-28/h7,9-15,18-20,23H,6,17,21-22H2,1-5H3/b9-7+. The van der Waals surface area contributed by atoms with E-state index < -0.39 is 0 Å². The Bertz CT molecular complexity index is 1120. The van der Waals surface area contributed by atoms with Crippen LogP contribution in [0.5, 0.6) is 5.75 Å². The molecule has 0 saturated carbocycles. The number of thiophene rings is 1. The minimum absolute atomic E-state index is 0.0412. The second-order valence-corrected chi connectivity index (χ2v) is 10.4. The molecule has 0 atom stereocenters. The van der Waals surface area contributed by atoms with E-state index in [1.165, 1.54) is 27.1 Å². The summed E-state index contributed by atoms with van der Waals surface area (Å²) in [6, 6.07) is 19.3. The van der Waals surface area contributed by atoms with Crippen LogP contribution < -0.4 is 4.74 Å². The van der Waals surface area contributed by atoms with Gasteiger partial charge < -0.3 is 4.74 Å². The summed E-state index contributed by atoms with van der Waals surface area (Å²) in [5, 5.41) is 2.21. The lowest BCUT2D eigenvalue weighted by Gasteiger charge is -2.19. The summed E-state index contributed by atoms with van der Waals surface area (Å²) < 4.78 is 6.14. The van der Waals surface area contributed by atoms with Gasteiger partial charge in [0.25, 0.3) is 0 Å². The zero-order valence-corrected chi connectivity index (χ0v) is 21.3. The molecule has 0 bridgehead atoms. The lowest BCUT2D eigenvalue weighted by molar-refractivity contribution is 0.299. The summed E-state index contributed by atoms with van der Waals surface area (Å²) in [5.74, 6) is 7.30. The molecule has 3 aromatic rings. The Hall–Kier alpha value is -2.80. The fourth-order valence-electron chi connectivity index (χ4n) is 3.42. The first-order chi connectivity index (χ1) is 15.8. The monoisotopic (exact) mass is 457 g/mol. The highest BCUT2D eigenvalue weighted by Crippen LogP contribution is 2.26. The molecule has 1 aromatic heterocycles. The number of hydrogen-bond donors (Lipinski definition) is 0. The number of aryl methyl sites for hydroxylation is 1. The van der Waals surface area contributed by atoms with Crippen LogP contribution in [0.3, 0.4) is 0 Å². The van der Waals surface area contributed by atoms with Crippen molar-refractivity contribution in [1.82, 2.24) is 4.90 Å². The van der Waals surface area contributed by atoms with E-state index in [2.05, 4.69) is 111 Å². The molecular formula is C30H35NOS. The molecule has 0 N–H and O–H groups in total. The number of allylic oxidation sites excluding steroid dienone is 1. The Kier molecular flexibility index (Phi) is 8.95. The van der Waals surface area contributed by atoms with Gasteiger partial charge in [-0.3, -0.25) is 4.90 Å². The first-order valence-electron chi connectivity index (χ1n) is 11.6. The summed E-state index contributed by atoms with van der Waals surface area (Å²) in [5.41, 5.74) is 5.00. The number of nitrogens with zero attached hydrogens (tertiary/aromatic N) is 1. The van der Waals surface area contributed by atoms with E-state index in [0.29, 0.717) is 6.61 Å². The van der Waals surface area contributed by atoms with Crippen molar-refractivity contribution in [2.24, 2.45) is 5.41 Å². The smallest absolute Gasteiger partial charge is 0.120 e. The number of ether oxygens (including phenoxy) is 1. The molecule has 0 amide bonds.